The third kappa shape index (κ3) is 4.69. The summed E-state index contributed by atoms with van der Waals surface area (Å²) in [7, 11) is 0. The van der Waals surface area contributed by atoms with Gasteiger partial charge in [0, 0.05) is 31.4 Å². The molecule has 1 saturated heterocycles. The van der Waals surface area contributed by atoms with E-state index in [1.165, 1.54) is 5.56 Å². The third-order valence-electron chi connectivity index (χ3n) is 3.47. The molecule has 3 nitrogen and oxygen atoms in total. The third-order valence-corrected chi connectivity index (χ3v) is 4.68. The van der Waals surface area contributed by atoms with Gasteiger partial charge in [-0.15, -0.1) is 24.2 Å². The van der Waals surface area contributed by atoms with Gasteiger partial charge in [-0.25, -0.2) is 0 Å². The molecule has 1 amide bonds. The molecular formula is C15H23ClN2OS. The van der Waals surface area contributed by atoms with Crippen molar-refractivity contribution in [3.05, 3.63) is 35.9 Å². The van der Waals surface area contributed by atoms with Crippen LogP contribution in [0.1, 0.15) is 19.4 Å². The van der Waals surface area contributed by atoms with E-state index in [0.717, 1.165) is 25.4 Å². The molecule has 0 aliphatic carbocycles. The molecule has 0 bridgehead atoms. The summed E-state index contributed by atoms with van der Waals surface area (Å²) in [5.41, 5.74) is 1.28. The zero-order valence-corrected chi connectivity index (χ0v) is 13.7. The van der Waals surface area contributed by atoms with Crippen LogP contribution in [0.4, 0.5) is 0 Å². The van der Waals surface area contributed by atoms with Gasteiger partial charge in [0.1, 0.15) is 0 Å². The van der Waals surface area contributed by atoms with E-state index in [0.29, 0.717) is 6.04 Å². The lowest BCUT2D eigenvalue weighted by Gasteiger charge is -2.35. The van der Waals surface area contributed by atoms with Crippen molar-refractivity contribution >= 4 is 30.1 Å². The van der Waals surface area contributed by atoms with Gasteiger partial charge in [0.2, 0.25) is 5.91 Å². The average molecular weight is 315 g/mol. The molecule has 1 aromatic carbocycles. The highest BCUT2D eigenvalue weighted by Gasteiger charge is 2.26. The minimum atomic E-state index is 0. The van der Waals surface area contributed by atoms with Crippen molar-refractivity contribution < 1.29 is 4.79 Å². The highest BCUT2D eigenvalue weighted by atomic mass is 35.5. The number of hydrogen-bond donors (Lipinski definition) is 1. The van der Waals surface area contributed by atoms with Crippen LogP contribution in [0, 0.1) is 0 Å². The molecule has 20 heavy (non-hydrogen) atoms. The van der Waals surface area contributed by atoms with Gasteiger partial charge in [-0.1, -0.05) is 30.3 Å². The van der Waals surface area contributed by atoms with Gasteiger partial charge in [0.15, 0.2) is 0 Å². The summed E-state index contributed by atoms with van der Waals surface area (Å²) in [6.45, 7) is 6.77. The lowest BCUT2D eigenvalue weighted by Crippen LogP contribution is -2.54. The SMILES string of the molecule is CC(SCc1ccccc1)C(=O)N1CCNC[C@H]1C.Cl. The number of nitrogens with one attached hydrogen (secondary N) is 1. The van der Waals surface area contributed by atoms with Crippen LogP contribution in [0.5, 0.6) is 0 Å². The molecule has 5 heteroatoms. The van der Waals surface area contributed by atoms with Gasteiger partial charge in [-0.2, -0.15) is 0 Å². The van der Waals surface area contributed by atoms with Gasteiger partial charge < -0.3 is 10.2 Å². The van der Waals surface area contributed by atoms with Gasteiger partial charge in [-0.3, -0.25) is 4.79 Å². The molecule has 0 spiro atoms. The number of carbonyl (C=O) groups excluding carboxylic acids is 1. The Morgan fingerprint density at radius 3 is 2.80 bits per heavy atom. The summed E-state index contributed by atoms with van der Waals surface area (Å²) >= 11 is 1.72. The van der Waals surface area contributed by atoms with Crippen LogP contribution in [0.25, 0.3) is 0 Å². The van der Waals surface area contributed by atoms with Crippen LogP contribution in [0.2, 0.25) is 0 Å². The monoisotopic (exact) mass is 314 g/mol. The average Bonchev–Trinajstić information content (AvgIpc) is 2.45. The molecule has 0 radical (unpaired) electrons. The number of carbonyl (C=O) groups is 1. The molecule has 112 valence electrons. The van der Waals surface area contributed by atoms with Gasteiger partial charge in [-0.05, 0) is 19.4 Å². The van der Waals surface area contributed by atoms with Crippen LogP contribution in [-0.2, 0) is 10.5 Å². The molecule has 1 heterocycles. The highest BCUT2D eigenvalue weighted by molar-refractivity contribution is 7.99. The first kappa shape index (κ1) is 17.3. The minimum Gasteiger partial charge on any atom is -0.336 e. The van der Waals surface area contributed by atoms with Gasteiger partial charge in [0.05, 0.1) is 5.25 Å². The molecule has 0 saturated carbocycles. The van der Waals surface area contributed by atoms with Crippen molar-refractivity contribution in [2.45, 2.75) is 30.9 Å². The summed E-state index contributed by atoms with van der Waals surface area (Å²) in [5.74, 6) is 1.17. The molecule has 2 atom stereocenters. The fraction of sp³-hybridized carbons (Fsp3) is 0.533. The summed E-state index contributed by atoms with van der Waals surface area (Å²) in [6, 6.07) is 10.6. The first-order valence-corrected chi connectivity index (χ1v) is 7.90. The summed E-state index contributed by atoms with van der Waals surface area (Å²) < 4.78 is 0. The fourth-order valence-electron chi connectivity index (χ4n) is 2.27. The standard InChI is InChI=1S/C15H22N2OS.ClH/c1-12-10-16-8-9-17(12)15(18)13(2)19-11-14-6-4-3-5-7-14;/h3-7,12-13,16H,8-11H2,1-2H3;1H/t12-,13?;/m1./s1. The number of benzene rings is 1. The van der Waals surface area contributed by atoms with Crippen LogP contribution in [0.15, 0.2) is 30.3 Å². The lowest BCUT2D eigenvalue weighted by molar-refractivity contribution is -0.133. The molecule has 1 aromatic rings. The number of piperazine rings is 1. The Hall–Kier alpha value is -0.710. The van der Waals surface area contributed by atoms with Crippen molar-refractivity contribution in [3.63, 3.8) is 0 Å². The van der Waals surface area contributed by atoms with Gasteiger partial charge in [0.25, 0.3) is 0 Å². The van der Waals surface area contributed by atoms with Gasteiger partial charge >= 0.3 is 0 Å². The number of amides is 1. The number of nitrogens with zero attached hydrogens (tertiary/aromatic N) is 1. The Bertz CT molecular complexity index is 416. The molecule has 1 fully saturated rings. The van der Waals surface area contributed by atoms with E-state index in [1.54, 1.807) is 11.8 Å². The maximum absolute atomic E-state index is 12.4. The zero-order chi connectivity index (χ0) is 13.7. The maximum Gasteiger partial charge on any atom is 0.235 e. The minimum absolute atomic E-state index is 0. The van der Waals surface area contributed by atoms with Crippen LogP contribution in [-0.4, -0.2) is 41.7 Å². The van der Waals surface area contributed by atoms with E-state index >= 15 is 0 Å². The van der Waals surface area contributed by atoms with E-state index in [9.17, 15) is 4.79 Å². The fourth-order valence-corrected chi connectivity index (χ4v) is 3.18. The predicted octanol–water partition coefficient (Wildman–Crippen LogP) is 2.55. The Kier molecular flexibility index (Phi) is 7.41. The Morgan fingerprint density at radius 2 is 2.15 bits per heavy atom. The van der Waals surface area contributed by atoms with Crippen molar-refractivity contribution in [2.75, 3.05) is 19.6 Å². The smallest absolute Gasteiger partial charge is 0.235 e. The van der Waals surface area contributed by atoms with Crippen molar-refractivity contribution in [3.8, 4) is 0 Å². The molecule has 0 aromatic heterocycles. The van der Waals surface area contributed by atoms with Crippen molar-refractivity contribution in [2.24, 2.45) is 0 Å². The summed E-state index contributed by atoms with van der Waals surface area (Å²) in [6.07, 6.45) is 0. The molecule has 1 N–H and O–H groups in total. The quantitative estimate of drug-likeness (QED) is 0.927. The van der Waals surface area contributed by atoms with Crippen LogP contribution in [0.3, 0.4) is 0 Å². The summed E-state index contributed by atoms with van der Waals surface area (Å²) in [5, 5.41) is 3.34. The van der Waals surface area contributed by atoms with E-state index in [4.69, 9.17) is 0 Å². The van der Waals surface area contributed by atoms with E-state index < -0.39 is 0 Å². The molecular weight excluding hydrogens is 292 g/mol. The maximum atomic E-state index is 12.4. The Morgan fingerprint density at radius 1 is 1.45 bits per heavy atom. The predicted molar refractivity (Wildman–Crippen MR) is 88.5 cm³/mol. The topological polar surface area (TPSA) is 32.3 Å². The second-order valence-corrected chi connectivity index (χ2v) is 6.35. The normalized spacial score (nSPS) is 20.1. The molecule has 1 aliphatic rings. The van der Waals surface area contributed by atoms with E-state index in [-0.39, 0.29) is 23.6 Å². The zero-order valence-electron chi connectivity index (χ0n) is 12.0. The number of hydrogen-bond acceptors (Lipinski definition) is 3. The number of halogens is 1. The number of rotatable bonds is 4. The lowest BCUT2D eigenvalue weighted by atomic mass is 10.2. The molecule has 2 rings (SSSR count). The van der Waals surface area contributed by atoms with Crippen molar-refractivity contribution in [1.29, 1.82) is 0 Å². The summed E-state index contributed by atoms with van der Waals surface area (Å²) in [4.78, 5) is 14.4. The first-order valence-electron chi connectivity index (χ1n) is 6.85. The second-order valence-electron chi connectivity index (χ2n) is 5.02. The Labute approximate surface area is 131 Å². The Balaban J connectivity index is 0.00000200. The van der Waals surface area contributed by atoms with Crippen LogP contribution >= 0.6 is 24.2 Å². The molecule has 1 aliphatic heterocycles. The second kappa shape index (κ2) is 8.55. The largest absolute Gasteiger partial charge is 0.336 e. The molecule has 1 unspecified atom stereocenters. The first-order chi connectivity index (χ1) is 9.18. The van der Waals surface area contributed by atoms with E-state index in [2.05, 4.69) is 24.4 Å². The van der Waals surface area contributed by atoms with E-state index in [1.807, 2.05) is 30.0 Å². The highest BCUT2D eigenvalue weighted by Crippen LogP contribution is 2.20. The van der Waals surface area contributed by atoms with Crippen LogP contribution < -0.4 is 5.32 Å². The number of thioether (sulfide) groups is 1. The van der Waals surface area contributed by atoms with Crippen molar-refractivity contribution in [1.82, 2.24) is 10.2 Å².